The van der Waals surface area contributed by atoms with Crippen molar-refractivity contribution in [3.8, 4) is 5.75 Å². The quantitative estimate of drug-likeness (QED) is 0.761. The Morgan fingerprint density at radius 1 is 0.893 bits per heavy atom. The molecule has 0 aliphatic heterocycles. The van der Waals surface area contributed by atoms with Crippen LogP contribution in [0.1, 0.15) is 72.9 Å². The van der Waals surface area contributed by atoms with Crippen molar-refractivity contribution in [2.75, 3.05) is 6.61 Å². The number of benzene rings is 2. The van der Waals surface area contributed by atoms with Gasteiger partial charge < -0.3 is 10.1 Å². The SMILES string of the molecule is CCC(NC(=O)COc1ccc2c(c1)CCCC2)c1ccc2c(c1)CCCC2. The Hall–Kier alpha value is -2.29. The highest BCUT2D eigenvalue weighted by atomic mass is 16.5. The Morgan fingerprint density at radius 2 is 1.50 bits per heavy atom. The lowest BCUT2D eigenvalue weighted by Gasteiger charge is -2.22. The molecule has 0 spiro atoms. The fourth-order valence-corrected chi connectivity index (χ4v) is 4.58. The van der Waals surface area contributed by atoms with Crippen LogP contribution < -0.4 is 10.1 Å². The van der Waals surface area contributed by atoms with Crippen LogP contribution in [0.15, 0.2) is 36.4 Å². The molecule has 0 saturated carbocycles. The monoisotopic (exact) mass is 377 g/mol. The number of fused-ring (bicyclic) bond motifs is 2. The molecule has 3 nitrogen and oxygen atoms in total. The summed E-state index contributed by atoms with van der Waals surface area (Å²) in [5, 5.41) is 3.16. The maximum atomic E-state index is 12.5. The highest BCUT2D eigenvalue weighted by Gasteiger charge is 2.17. The smallest absolute Gasteiger partial charge is 0.258 e. The van der Waals surface area contributed by atoms with Crippen molar-refractivity contribution in [2.24, 2.45) is 0 Å². The van der Waals surface area contributed by atoms with Crippen LogP contribution in [0, 0.1) is 0 Å². The van der Waals surface area contributed by atoms with E-state index < -0.39 is 0 Å². The van der Waals surface area contributed by atoms with Crippen molar-refractivity contribution in [1.82, 2.24) is 5.32 Å². The van der Waals surface area contributed by atoms with Crippen molar-refractivity contribution in [1.29, 1.82) is 0 Å². The number of rotatable bonds is 6. The van der Waals surface area contributed by atoms with Gasteiger partial charge in [0.1, 0.15) is 5.75 Å². The third-order valence-electron chi connectivity index (χ3n) is 6.21. The molecular formula is C25H31NO2. The summed E-state index contributed by atoms with van der Waals surface area (Å²) in [7, 11) is 0. The molecule has 2 aromatic rings. The van der Waals surface area contributed by atoms with Crippen molar-refractivity contribution >= 4 is 5.91 Å². The Bertz CT molecular complexity index is 842. The second-order valence-electron chi connectivity index (χ2n) is 8.19. The fourth-order valence-electron chi connectivity index (χ4n) is 4.58. The molecule has 0 aromatic heterocycles. The van der Waals surface area contributed by atoms with E-state index in [1.165, 1.54) is 59.9 Å². The predicted molar refractivity (Wildman–Crippen MR) is 113 cm³/mol. The lowest BCUT2D eigenvalue weighted by atomic mass is 9.89. The van der Waals surface area contributed by atoms with E-state index in [1.54, 1.807) is 0 Å². The standard InChI is InChI=1S/C25H31NO2/c1-2-24(22-12-11-18-7-3-5-9-20(18)15-22)26-25(27)17-28-23-14-13-19-8-4-6-10-21(19)16-23/h11-16,24H,2-10,17H2,1H3,(H,26,27). The van der Waals surface area contributed by atoms with Crippen LogP contribution in [0.5, 0.6) is 5.75 Å². The van der Waals surface area contributed by atoms with E-state index in [9.17, 15) is 4.79 Å². The molecule has 2 aliphatic rings. The molecule has 148 valence electrons. The van der Waals surface area contributed by atoms with Crippen LogP contribution in [-0.4, -0.2) is 12.5 Å². The maximum Gasteiger partial charge on any atom is 0.258 e. The van der Waals surface area contributed by atoms with E-state index in [-0.39, 0.29) is 18.6 Å². The second kappa shape index (κ2) is 8.81. The number of amides is 1. The van der Waals surface area contributed by atoms with Gasteiger partial charge in [-0.3, -0.25) is 4.79 Å². The molecule has 1 atom stereocenters. The van der Waals surface area contributed by atoms with Gasteiger partial charge in [0.25, 0.3) is 5.91 Å². The van der Waals surface area contributed by atoms with Gasteiger partial charge in [-0.15, -0.1) is 0 Å². The lowest BCUT2D eigenvalue weighted by molar-refractivity contribution is -0.123. The van der Waals surface area contributed by atoms with Gasteiger partial charge in [0, 0.05) is 0 Å². The second-order valence-corrected chi connectivity index (χ2v) is 8.19. The molecule has 0 saturated heterocycles. The fraction of sp³-hybridized carbons (Fsp3) is 0.480. The summed E-state index contributed by atoms with van der Waals surface area (Å²) in [6.45, 7) is 2.19. The Morgan fingerprint density at radius 3 is 2.18 bits per heavy atom. The summed E-state index contributed by atoms with van der Waals surface area (Å²) in [5.41, 5.74) is 6.96. The average Bonchev–Trinajstić information content (AvgIpc) is 2.75. The predicted octanol–water partition coefficient (Wildman–Crippen LogP) is 5.09. The number of ether oxygens (including phenoxy) is 1. The third kappa shape index (κ3) is 4.40. The van der Waals surface area contributed by atoms with Crippen LogP contribution in [0.2, 0.25) is 0 Å². The van der Waals surface area contributed by atoms with E-state index in [2.05, 4.69) is 42.6 Å². The molecule has 0 bridgehead atoms. The van der Waals surface area contributed by atoms with Gasteiger partial charge in [-0.05, 0) is 97.7 Å². The number of hydrogen-bond donors (Lipinski definition) is 1. The van der Waals surface area contributed by atoms with Crippen LogP contribution in [0.4, 0.5) is 0 Å². The van der Waals surface area contributed by atoms with Crippen molar-refractivity contribution < 1.29 is 9.53 Å². The van der Waals surface area contributed by atoms with Gasteiger partial charge in [0.15, 0.2) is 6.61 Å². The lowest BCUT2D eigenvalue weighted by Crippen LogP contribution is -2.32. The first-order valence-corrected chi connectivity index (χ1v) is 10.9. The molecule has 3 heteroatoms. The van der Waals surface area contributed by atoms with Crippen molar-refractivity contribution in [3.05, 3.63) is 64.2 Å². The van der Waals surface area contributed by atoms with Gasteiger partial charge >= 0.3 is 0 Å². The minimum Gasteiger partial charge on any atom is -0.484 e. The molecule has 1 amide bonds. The highest BCUT2D eigenvalue weighted by Crippen LogP contribution is 2.27. The first kappa shape index (κ1) is 19.0. The van der Waals surface area contributed by atoms with E-state index in [4.69, 9.17) is 4.74 Å². The van der Waals surface area contributed by atoms with Crippen molar-refractivity contribution in [3.63, 3.8) is 0 Å². The molecule has 4 rings (SSSR count). The van der Waals surface area contributed by atoms with Crippen LogP contribution in [0.3, 0.4) is 0 Å². The molecule has 28 heavy (non-hydrogen) atoms. The zero-order chi connectivity index (χ0) is 19.3. The van der Waals surface area contributed by atoms with Crippen LogP contribution in [-0.2, 0) is 30.5 Å². The summed E-state index contributed by atoms with van der Waals surface area (Å²) in [6, 6.07) is 13.1. The number of hydrogen-bond acceptors (Lipinski definition) is 2. The molecule has 0 radical (unpaired) electrons. The van der Waals surface area contributed by atoms with Gasteiger partial charge in [-0.2, -0.15) is 0 Å². The normalized spacial score (nSPS) is 16.6. The highest BCUT2D eigenvalue weighted by molar-refractivity contribution is 5.78. The van der Waals surface area contributed by atoms with Gasteiger partial charge in [0.2, 0.25) is 0 Å². The molecule has 1 unspecified atom stereocenters. The van der Waals surface area contributed by atoms with Crippen molar-refractivity contribution in [2.45, 2.75) is 70.8 Å². The van der Waals surface area contributed by atoms with Gasteiger partial charge in [0.05, 0.1) is 6.04 Å². The minimum absolute atomic E-state index is 0.0480. The molecule has 0 heterocycles. The Balaban J connectivity index is 1.35. The van der Waals surface area contributed by atoms with Crippen LogP contribution in [0.25, 0.3) is 0 Å². The molecule has 1 N–H and O–H groups in total. The summed E-state index contributed by atoms with van der Waals surface area (Å²) < 4.78 is 5.79. The summed E-state index contributed by atoms with van der Waals surface area (Å²) in [6.07, 6.45) is 10.6. The van der Waals surface area contributed by atoms with Gasteiger partial charge in [-0.25, -0.2) is 0 Å². The Labute approximate surface area is 168 Å². The zero-order valence-electron chi connectivity index (χ0n) is 16.9. The summed E-state index contributed by atoms with van der Waals surface area (Å²) in [4.78, 5) is 12.5. The topological polar surface area (TPSA) is 38.3 Å². The molecular weight excluding hydrogens is 346 g/mol. The van der Waals surface area contributed by atoms with E-state index in [1.807, 2.05) is 6.07 Å². The van der Waals surface area contributed by atoms with E-state index in [0.717, 1.165) is 31.4 Å². The third-order valence-corrected chi connectivity index (χ3v) is 6.21. The molecule has 0 fully saturated rings. The summed E-state index contributed by atoms with van der Waals surface area (Å²) in [5.74, 6) is 0.750. The minimum atomic E-state index is -0.0534. The van der Waals surface area contributed by atoms with Crippen LogP contribution >= 0.6 is 0 Å². The average molecular weight is 378 g/mol. The maximum absolute atomic E-state index is 12.5. The first-order valence-electron chi connectivity index (χ1n) is 10.9. The number of nitrogens with one attached hydrogen (secondary N) is 1. The number of carbonyl (C=O) groups is 1. The zero-order valence-corrected chi connectivity index (χ0v) is 16.9. The molecule has 2 aromatic carbocycles. The Kier molecular flexibility index (Phi) is 5.99. The van der Waals surface area contributed by atoms with E-state index >= 15 is 0 Å². The van der Waals surface area contributed by atoms with E-state index in [0.29, 0.717) is 0 Å². The number of carbonyl (C=O) groups excluding carboxylic acids is 1. The molecule has 2 aliphatic carbocycles. The summed E-state index contributed by atoms with van der Waals surface area (Å²) >= 11 is 0. The van der Waals surface area contributed by atoms with Gasteiger partial charge in [-0.1, -0.05) is 31.2 Å². The number of aryl methyl sites for hydroxylation is 4. The largest absolute Gasteiger partial charge is 0.484 e. The first-order chi connectivity index (χ1) is 13.7.